The molecule has 1 aliphatic heterocycles. The quantitative estimate of drug-likeness (QED) is 0.286. The normalized spacial score (nSPS) is 27.5. The molecule has 45 heavy (non-hydrogen) atoms. The molecule has 1 saturated carbocycles. The lowest BCUT2D eigenvalue weighted by atomic mass is 9.78. The molecule has 0 amide bonds. The second-order valence-electron chi connectivity index (χ2n) is 14.0. The molecule has 0 spiro atoms. The van der Waals surface area contributed by atoms with Gasteiger partial charge in [0, 0.05) is 17.9 Å². The van der Waals surface area contributed by atoms with Gasteiger partial charge in [0.1, 0.15) is 5.75 Å². The first kappa shape index (κ1) is 34.7. The summed E-state index contributed by atoms with van der Waals surface area (Å²) in [4.78, 5) is 0. The third-order valence-corrected chi connectivity index (χ3v) is 10.0. The smallest absolute Gasteiger partial charge is 0.137 e. The van der Waals surface area contributed by atoms with Crippen LogP contribution in [0.5, 0.6) is 5.75 Å². The van der Waals surface area contributed by atoms with Gasteiger partial charge in [0.05, 0.1) is 18.2 Å². The molecule has 2 aromatic rings. The van der Waals surface area contributed by atoms with E-state index in [9.17, 15) is 0 Å². The minimum absolute atomic E-state index is 0.0534. The molecule has 1 fully saturated rings. The Balaban J connectivity index is 1.54. The van der Waals surface area contributed by atoms with Crippen LogP contribution >= 0.6 is 11.6 Å². The predicted molar refractivity (Wildman–Crippen MR) is 194 cm³/mol. The van der Waals surface area contributed by atoms with Gasteiger partial charge < -0.3 is 15.4 Å². The molecule has 242 valence electrons. The molecule has 3 nitrogen and oxygen atoms in total. The van der Waals surface area contributed by atoms with Crippen LogP contribution in [-0.4, -0.2) is 19.7 Å². The Hall–Kier alpha value is -3.17. The number of ether oxygens (including phenoxy) is 1. The maximum atomic E-state index is 6.48. The van der Waals surface area contributed by atoms with E-state index in [1.165, 1.54) is 29.6 Å². The summed E-state index contributed by atoms with van der Waals surface area (Å²) in [6.07, 6.45) is 11.9. The Labute approximate surface area is 278 Å². The zero-order valence-electron chi connectivity index (χ0n) is 28.1. The number of hydrogen-bond donors (Lipinski definition) is 2. The van der Waals surface area contributed by atoms with Crippen molar-refractivity contribution in [3.05, 3.63) is 126 Å². The van der Waals surface area contributed by atoms with Gasteiger partial charge in [-0.15, -0.1) is 0 Å². The van der Waals surface area contributed by atoms with E-state index in [1.54, 1.807) is 7.11 Å². The van der Waals surface area contributed by atoms with E-state index in [1.807, 2.05) is 12.1 Å². The zero-order valence-corrected chi connectivity index (χ0v) is 28.8. The minimum Gasteiger partial charge on any atom is -0.495 e. The maximum Gasteiger partial charge on any atom is 0.137 e. The summed E-state index contributed by atoms with van der Waals surface area (Å²) in [6, 6.07) is 17.0. The summed E-state index contributed by atoms with van der Waals surface area (Å²) >= 11 is 6.48. The first-order chi connectivity index (χ1) is 21.5. The van der Waals surface area contributed by atoms with E-state index in [-0.39, 0.29) is 6.04 Å². The fraction of sp³-hybridized carbons (Fsp3) is 0.463. The molecule has 2 aliphatic rings. The van der Waals surface area contributed by atoms with E-state index >= 15 is 0 Å². The highest BCUT2D eigenvalue weighted by molar-refractivity contribution is 6.32. The number of allylic oxidation sites excluding steroid dienone is 3. The highest BCUT2D eigenvalue weighted by atomic mass is 35.5. The zero-order chi connectivity index (χ0) is 32.5. The molecular formula is C41H55ClN2O. The maximum absolute atomic E-state index is 6.48. The first-order valence-electron chi connectivity index (χ1n) is 16.8. The molecule has 0 saturated heterocycles. The first-order valence-corrected chi connectivity index (χ1v) is 17.2. The second kappa shape index (κ2) is 16.4. The summed E-state index contributed by atoms with van der Waals surface area (Å²) < 4.78 is 5.37. The van der Waals surface area contributed by atoms with E-state index < -0.39 is 0 Å². The fourth-order valence-electron chi connectivity index (χ4n) is 6.89. The van der Waals surface area contributed by atoms with Gasteiger partial charge in [-0.25, -0.2) is 0 Å². The number of rotatable bonds is 8. The molecule has 1 aliphatic carbocycles. The van der Waals surface area contributed by atoms with Crippen LogP contribution in [0.4, 0.5) is 0 Å². The van der Waals surface area contributed by atoms with E-state index in [2.05, 4.69) is 99.7 Å². The third kappa shape index (κ3) is 10.4. The van der Waals surface area contributed by atoms with Gasteiger partial charge in [0.2, 0.25) is 0 Å². The van der Waals surface area contributed by atoms with Crippen molar-refractivity contribution in [3.63, 3.8) is 0 Å². The summed E-state index contributed by atoms with van der Waals surface area (Å²) in [5.41, 5.74) is 7.10. The number of benzene rings is 2. The average molecular weight is 627 g/mol. The second-order valence-corrected chi connectivity index (χ2v) is 14.4. The Kier molecular flexibility index (Phi) is 12.7. The Morgan fingerprint density at radius 2 is 1.76 bits per heavy atom. The average Bonchev–Trinajstić information content (AvgIpc) is 3.77. The van der Waals surface area contributed by atoms with Crippen molar-refractivity contribution in [1.29, 1.82) is 0 Å². The number of nitrogens with one attached hydrogen (secondary N) is 2. The van der Waals surface area contributed by atoms with Gasteiger partial charge in [0.15, 0.2) is 0 Å². The van der Waals surface area contributed by atoms with Gasteiger partial charge >= 0.3 is 0 Å². The molecule has 0 bridgehead atoms. The third-order valence-electron chi connectivity index (χ3n) is 9.74. The van der Waals surface area contributed by atoms with Crippen LogP contribution in [0.2, 0.25) is 5.02 Å². The monoisotopic (exact) mass is 626 g/mol. The van der Waals surface area contributed by atoms with Crippen LogP contribution in [0, 0.1) is 29.6 Å². The topological polar surface area (TPSA) is 33.3 Å². The van der Waals surface area contributed by atoms with Crippen molar-refractivity contribution in [1.82, 2.24) is 10.6 Å². The lowest BCUT2D eigenvalue weighted by Crippen LogP contribution is -2.38. The fourth-order valence-corrected chi connectivity index (χ4v) is 7.17. The van der Waals surface area contributed by atoms with Crippen LogP contribution in [0.1, 0.15) is 76.3 Å². The summed E-state index contributed by atoms with van der Waals surface area (Å²) in [5, 5.41) is 7.89. The molecule has 4 rings (SSSR count). The van der Waals surface area contributed by atoms with Crippen molar-refractivity contribution < 1.29 is 4.74 Å². The van der Waals surface area contributed by atoms with Gasteiger partial charge in [-0.1, -0.05) is 112 Å². The van der Waals surface area contributed by atoms with Crippen molar-refractivity contribution in [2.24, 2.45) is 29.6 Å². The van der Waals surface area contributed by atoms with Crippen molar-refractivity contribution in [2.45, 2.75) is 77.7 Å². The van der Waals surface area contributed by atoms with Gasteiger partial charge in [0.25, 0.3) is 0 Å². The van der Waals surface area contributed by atoms with E-state index in [0.29, 0.717) is 40.4 Å². The van der Waals surface area contributed by atoms with Crippen molar-refractivity contribution >= 4 is 11.6 Å². The van der Waals surface area contributed by atoms with Crippen molar-refractivity contribution in [3.8, 4) is 5.75 Å². The molecule has 1 heterocycles. The Morgan fingerprint density at radius 1 is 1.00 bits per heavy atom. The highest BCUT2D eigenvalue weighted by Gasteiger charge is 2.39. The van der Waals surface area contributed by atoms with Crippen LogP contribution in [0.3, 0.4) is 0 Å². The highest BCUT2D eigenvalue weighted by Crippen LogP contribution is 2.52. The van der Waals surface area contributed by atoms with Crippen molar-refractivity contribution in [2.75, 3.05) is 13.7 Å². The molecule has 0 aromatic heterocycles. The standard InChI is InChI=1S/C41H55ClN2O/c1-27(2)19-36-21-28(3)30(5)26-43-32(7)40(24-34-17-18-41(45-8)39(42)23-34)44-31(6)13-12-14-33(20-29(36)4)22-37-25-38(37)35-15-10-9-11-16-35/h9-13,15-18,23,27,30,33,36-38,40,43-44H,3-4,6-7,14,19-22,24-26H2,1-2,5,8H3/b13-12+/t30?,33-,36?,37?,38?,40-/m1/s1. The van der Waals surface area contributed by atoms with E-state index in [0.717, 1.165) is 61.5 Å². The molecule has 6 atom stereocenters. The summed E-state index contributed by atoms with van der Waals surface area (Å²) in [5.74, 6) is 4.06. The van der Waals surface area contributed by atoms with Gasteiger partial charge in [-0.2, -0.15) is 0 Å². The molecular weight excluding hydrogens is 572 g/mol. The number of hydrogen-bond acceptors (Lipinski definition) is 3. The largest absolute Gasteiger partial charge is 0.495 e. The summed E-state index contributed by atoms with van der Waals surface area (Å²) in [7, 11) is 1.64. The SMILES string of the molecule is C=C1/C=C/C[C@@H](CC2CC2c2ccccc2)CC(=C)C(CC(C)C)CC(=C)C(C)CNC(=C)[C@@H](Cc2ccc(OC)c(Cl)c2)N1. The van der Waals surface area contributed by atoms with Crippen LogP contribution < -0.4 is 15.4 Å². The lowest BCUT2D eigenvalue weighted by molar-refractivity contribution is 0.389. The van der Waals surface area contributed by atoms with Crippen LogP contribution in [-0.2, 0) is 6.42 Å². The Bertz CT molecular complexity index is 1360. The molecule has 2 aromatic carbocycles. The molecule has 4 unspecified atom stereocenters. The minimum atomic E-state index is -0.0534. The summed E-state index contributed by atoms with van der Waals surface area (Å²) in [6.45, 7) is 25.8. The molecule has 4 heteroatoms. The molecule has 0 radical (unpaired) electrons. The van der Waals surface area contributed by atoms with Crippen LogP contribution in [0.25, 0.3) is 0 Å². The molecule has 2 N–H and O–H groups in total. The Morgan fingerprint density at radius 3 is 2.44 bits per heavy atom. The van der Waals surface area contributed by atoms with E-state index in [4.69, 9.17) is 22.9 Å². The predicted octanol–water partition coefficient (Wildman–Crippen LogP) is 10.4. The lowest BCUT2D eigenvalue weighted by Gasteiger charge is -2.29. The van der Waals surface area contributed by atoms with Crippen LogP contribution in [0.15, 0.2) is 110 Å². The number of halogens is 1. The number of methoxy groups -OCH3 is 1. The van der Waals surface area contributed by atoms with Gasteiger partial charge in [-0.3, -0.25) is 0 Å². The van der Waals surface area contributed by atoms with Gasteiger partial charge in [-0.05, 0) is 110 Å².